The van der Waals surface area contributed by atoms with E-state index in [1.807, 2.05) is 0 Å². The molecular formula is C15H23NO3. The van der Waals surface area contributed by atoms with E-state index in [9.17, 15) is 4.79 Å². The van der Waals surface area contributed by atoms with E-state index in [2.05, 4.69) is 18.1 Å². The summed E-state index contributed by atoms with van der Waals surface area (Å²) >= 11 is 0. The molecule has 0 aromatic heterocycles. The second-order valence-corrected chi connectivity index (χ2v) is 4.50. The van der Waals surface area contributed by atoms with E-state index in [-0.39, 0.29) is 11.9 Å². The van der Waals surface area contributed by atoms with Gasteiger partial charge in [0, 0.05) is 6.54 Å². The zero-order chi connectivity index (χ0) is 14.1. The van der Waals surface area contributed by atoms with Gasteiger partial charge in [-0.25, -0.2) is 0 Å². The quantitative estimate of drug-likeness (QED) is 0.401. The molecule has 0 aliphatic carbocycles. The van der Waals surface area contributed by atoms with Crippen molar-refractivity contribution in [3.05, 3.63) is 37.1 Å². The highest BCUT2D eigenvalue weighted by atomic mass is 16.5. The number of ether oxygens (including phenoxy) is 2. The lowest BCUT2D eigenvalue weighted by Crippen LogP contribution is -2.38. The maximum atomic E-state index is 11.4. The number of carbonyl (C=O) groups is 1. The average Bonchev–Trinajstić information content (AvgIpc) is 2.46. The van der Waals surface area contributed by atoms with Gasteiger partial charge >= 0.3 is 5.97 Å². The fraction of sp³-hybridized carbons (Fsp3) is 0.533. The van der Waals surface area contributed by atoms with E-state index < -0.39 is 0 Å². The number of piperidine rings is 1. The van der Waals surface area contributed by atoms with Crippen molar-refractivity contribution in [2.24, 2.45) is 5.92 Å². The first-order valence-corrected chi connectivity index (χ1v) is 6.59. The van der Waals surface area contributed by atoms with Gasteiger partial charge in [0.25, 0.3) is 0 Å². The predicted molar refractivity (Wildman–Crippen MR) is 75.6 cm³/mol. The molecule has 0 aromatic carbocycles. The number of carbonyl (C=O) groups excluding carboxylic acids is 1. The molecule has 0 bridgehead atoms. The molecule has 0 aromatic rings. The van der Waals surface area contributed by atoms with Crippen LogP contribution in [0.1, 0.15) is 12.8 Å². The minimum Gasteiger partial charge on any atom is -0.492 e. The van der Waals surface area contributed by atoms with Gasteiger partial charge in [-0.2, -0.15) is 0 Å². The standard InChI is InChI=1S/C15H23NO3/c1-4-6-14(5-2)19-12-11-16-9-7-13(8-10-16)15(17)18-3/h4-6,13H,1-2,7-12H2,3H3/b14-6+. The molecule has 4 nitrogen and oxygen atoms in total. The SMILES string of the molecule is C=C/C=C(\C=C)OCCN1CCC(C(=O)OC)CC1. The van der Waals surface area contributed by atoms with Crippen molar-refractivity contribution in [1.82, 2.24) is 4.90 Å². The number of rotatable bonds is 7. The van der Waals surface area contributed by atoms with Crippen LogP contribution in [0.2, 0.25) is 0 Å². The third kappa shape index (κ3) is 5.30. The van der Waals surface area contributed by atoms with Crippen LogP contribution in [0.4, 0.5) is 0 Å². The maximum absolute atomic E-state index is 11.4. The molecule has 1 aliphatic rings. The van der Waals surface area contributed by atoms with Crippen molar-refractivity contribution in [3.63, 3.8) is 0 Å². The lowest BCUT2D eigenvalue weighted by Gasteiger charge is -2.30. The normalized spacial score (nSPS) is 17.8. The van der Waals surface area contributed by atoms with Gasteiger partial charge in [0.1, 0.15) is 12.4 Å². The monoisotopic (exact) mass is 265 g/mol. The van der Waals surface area contributed by atoms with Gasteiger partial charge in [0.15, 0.2) is 0 Å². The Labute approximate surface area is 115 Å². The molecule has 4 heteroatoms. The van der Waals surface area contributed by atoms with Crippen molar-refractivity contribution in [2.75, 3.05) is 33.4 Å². The van der Waals surface area contributed by atoms with Crippen molar-refractivity contribution in [3.8, 4) is 0 Å². The number of esters is 1. The van der Waals surface area contributed by atoms with Crippen LogP contribution >= 0.6 is 0 Å². The molecule has 106 valence electrons. The van der Waals surface area contributed by atoms with Gasteiger partial charge in [-0.3, -0.25) is 9.69 Å². The average molecular weight is 265 g/mol. The van der Waals surface area contributed by atoms with E-state index in [1.54, 1.807) is 18.2 Å². The predicted octanol–water partition coefficient (Wildman–Crippen LogP) is 2.14. The Morgan fingerprint density at radius 1 is 1.37 bits per heavy atom. The number of hydrogen-bond donors (Lipinski definition) is 0. The van der Waals surface area contributed by atoms with Crippen molar-refractivity contribution < 1.29 is 14.3 Å². The number of nitrogens with zero attached hydrogens (tertiary/aromatic N) is 1. The highest BCUT2D eigenvalue weighted by molar-refractivity contribution is 5.72. The van der Waals surface area contributed by atoms with E-state index in [0.717, 1.165) is 38.2 Å². The summed E-state index contributed by atoms with van der Waals surface area (Å²) in [5.41, 5.74) is 0. The zero-order valence-electron chi connectivity index (χ0n) is 11.6. The molecule has 0 saturated carbocycles. The Bertz CT molecular complexity index is 341. The van der Waals surface area contributed by atoms with Crippen molar-refractivity contribution >= 4 is 5.97 Å². The van der Waals surface area contributed by atoms with Gasteiger partial charge in [0.2, 0.25) is 0 Å². The van der Waals surface area contributed by atoms with Crippen LogP contribution in [0.5, 0.6) is 0 Å². The van der Waals surface area contributed by atoms with Crippen LogP contribution < -0.4 is 0 Å². The number of allylic oxidation sites excluding steroid dienone is 3. The molecular weight excluding hydrogens is 242 g/mol. The Morgan fingerprint density at radius 3 is 2.58 bits per heavy atom. The zero-order valence-corrected chi connectivity index (χ0v) is 11.6. The maximum Gasteiger partial charge on any atom is 0.308 e. The van der Waals surface area contributed by atoms with Crippen LogP contribution in [0.3, 0.4) is 0 Å². The minimum atomic E-state index is -0.0845. The second kappa shape index (κ2) is 8.53. The molecule has 0 spiro atoms. The van der Waals surface area contributed by atoms with Crippen LogP contribution in [0, 0.1) is 5.92 Å². The lowest BCUT2D eigenvalue weighted by molar-refractivity contribution is -0.147. The van der Waals surface area contributed by atoms with Gasteiger partial charge in [-0.15, -0.1) is 0 Å². The summed E-state index contributed by atoms with van der Waals surface area (Å²) in [5.74, 6) is 0.713. The molecule has 0 radical (unpaired) electrons. The molecule has 0 atom stereocenters. The lowest BCUT2D eigenvalue weighted by atomic mass is 9.97. The summed E-state index contributed by atoms with van der Waals surface area (Å²) in [6, 6.07) is 0. The van der Waals surface area contributed by atoms with Crippen LogP contribution in [0.15, 0.2) is 37.1 Å². The fourth-order valence-corrected chi connectivity index (χ4v) is 2.14. The molecule has 0 amide bonds. The molecule has 1 aliphatic heterocycles. The van der Waals surface area contributed by atoms with Gasteiger partial charge in [-0.05, 0) is 38.1 Å². The molecule has 0 unspecified atom stereocenters. The molecule has 0 N–H and O–H groups in total. The van der Waals surface area contributed by atoms with E-state index in [1.165, 1.54) is 7.11 Å². The van der Waals surface area contributed by atoms with E-state index in [0.29, 0.717) is 6.61 Å². The van der Waals surface area contributed by atoms with Crippen molar-refractivity contribution in [1.29, 1.82) is 0 Å². The van der Waals surface area contributed by atoms with Crippen molar-refractivity contribution in [2.45, 2.75) is 12.8 Å². The van der Waals surface area contributed by atoms with Gasteiger partial charge in [0.05, 0.1) is 13.0 Å². The highest BCUT2D eigenvalue weighted by Crippen LogP contribution is 2.18. The Kier molecular flexibility index (Phi) is 6.97. The van der Waals surface area contributed by atoms with Gasteiger partial charge < -0.3 is 9.47 Å². The summed E-state index contributed by atoms with van der Waals surface area (Å²) in [5, 5.41) is 0. The number of hydrogen-bond acceptors (Lipinski definition) is 4. The second-order valence-electron chi connectivity index (χ2n) is 4.50. The van der Waals surface area contributed by atoms with E-state index in [4.69, 9.17) is 9.47 Å². The number of likely N-dealkylation sites (tertiary alicyclic amines) is 1. The van der Waals surface area contributed by atoms with Crippen LogP contribution in [-0.2, 0) is 14.3 Å². The molecule has 1 saturated heterocycles. The highest BCUT2D eigenvalue weighted by Gasteiger charge is 2.25. The summed E-state index contributed by atoms with van der Waals surface area (Å²) in [4.78, 5) is 13.7. The first kappa shape index (κ1) is 15.5. The topological polar surface area (TPSA) is 38.8 Å². The summed E-state index contributed by atoms with van der Waals surface area (Å²) in [6.07, 6.45) is 6.87. The fourth-order valence-electron chi connectivity index (χ4n) is 2.14. The number of methoxy groups -OCH3 is 1. The minimum absolute atomic E-state index is 0.0616. The molecule has 1 fully saturated rings. The van der Waals surface area contributed by atoms with E-state index >= 15 is 0 Å². The first-order valence-electron chi connectivity index (χ1n) is 6.59. The smallest absolute Gasteiger partial charge is 0.308 e. The first-order chi connectivity index (χ1) is 9.21. The summed E-state index contributed by atoms with van der Waals surface area (Å²) in [6.45, 7) is 10.6. The van der Waals surface area contributed by atoms with Crippen LogP contribution in [0.25, 0.3) is 0 Å². The van der Waals surface area contributed by atoms with Gasteiger partial charge in [-0.1, -0.05) is 19.2 Å². The molecule has 1 heterocycles. The third-order valence-electron chi connectivity index (χ3n) is 3.28. The third-order valence-corrected chi connectivity index (χ3v) is 3.28. The Hall–Kier alpha value is -1.55. The molecule has 1 rings (SSSR count). The Morgan fingerprint density at radius 2 is 2.05 bits per heavy atom. The molecule has 19 heavy (non-hydrogen) atoms. The Balaban J connectivity index is 2.23. The largest absolute Gasteiger partial charge is 0.492 e. The summed E-state index contributed by atoms with van der Waals surface area (Å²) in [7, 11) is 1.45. The summed E-state index contributed by atoms with van der Waals surface area (Å²) < 4.78 is 10.3. The van der Waals surface area contributed by atoms with Crippen LogP contribution in [-0.4, -0.2) is 44.2 Å².